The van der Waals surface area contributed by atoms with Gasteiger partial charge in [0.05, 0.1) is 35.6 Å². The summed E-state index contributed by atoms with van der Waals surface area (Å²) >= 11 is 0. The van der Waals surface area contributed by atoms with E-state index in [-0.39, 0.29) is 17.2 Å². The van der Waals surface area contributed by atoms with Crippen molar-refractivity contribution in [1.29, 1.82) is 0 Å². The number of fused-ring (bicyclic) bond motifs is 5. The third-order valence-electron chi connectivity index (χ3n) is 7.42. The van der Waals surface area contributed by atoms with Crippen LogP contribution in [0.4, 0.5) is 11.4 Å². The summed E-state index contributed by atoms with van der Waals surface area (Å²) in [6, 6.07) is 18.2. The van der Waals surface area contributed by atoms with Crippen LogP contribution in [-0.4, -0.2) is 40.6 Å². The third kappa shape index (κ3) is 3.35. The Morgan fingerprint density at radius 2 is 1.59 bits per heavy atom. The van der Waals surface area contributed by atoms with Gasteiger partial charge in [0.25, 0.3) is 5.69 Å². The van der Waals surface area contributed by atoms with Crippen LogP contribution in [0, 0.1) is 22.0 Å². The number of amides is 2. The Morgan fingerprint density at radius 1 is 0.919 bits per heavy atom. The van der Waals surface area contributed by atoms with Gasteiger partial charge in [0.1, 0.15) is 11.8 Å². The summed E-state index contributed by atoms with van der Waals surface area (Å²) in [6.45, 7) is 0. The van der Waals surface area contributed by atoms with Crippen molar-refractivity contribution in [2.75, 3.05) is 12.0 Å². The van der Waals surface area contributed by atoms with E-state index in [9.17, 15) is 24.5 Å². The van der Waals surface area contributed by atoms with E-state index < -0.39 is 40.7 Å². The third-order valence-corrected chi connectivity index (χ3v) is 7.42. The highest BCUT2D eigenvalue weighted by molar-refractivity contribution is 6.24. The molecule has 37 heavy (non-hydrogen) atoms. The van der Waals surface area contributed by atoms with E-state index in [1.807, 2.05) is 35.2 Å². The van der Waals surface area contributed by atoms with Crippen LogP contribution < -0.4 is 9.64 Å². The number of non-ortho nitro benzene ring substituents is 1. The number of hydrogen-bond acceptors (Lipinski definition) is 7. The highest BCUT2D eigenvalue weighted by Crippen LogP contribution is 2.53. The van der Waals surface area contributed by atoms with Gasteiger partial charge in [-0.2, -0.15) is 0 Å². The first-order chi connectivity index (χ1) is 17.9. The van der Waals surface area contributed by atoms with Gasteiger partial charge >= 0.3 is 0 Å². The Kier molecular flexibility index (Phi) is 5.15. The van der Waals surface area contributed by atoms with Gasteiger partial charge in [-0.15, -0.1) is 0 Å². The summed E-state index contributed by atoms with van der Waals surface area (Å²) < 4.78 is 5.21. The predicted octanol–water partition coefficient (Wildman–Crippen LogP) is 4.00. The fourth-order valence-corrected chi connectivity index (χ4v) is 5.76. The molecule has 3 heterocycles. The Balaban J connectivity index is 1.45. The van der Waals surface area contributed by atoms with Gasteiger partial charge in [-0.25, -0.2) is 4.90 Å². The van der Waals surface area contributed by atoms with Crippen molar-refractivity contribution in [3.8, 4) is 5.75 Å². The zero-order chi connectivity index (χ0) is 25.8. The Bertz CT molecular complexity index is 1480. The quantitative estimate of drug-likeness (QED) is 0.228. The molecular formula is C28H21N3O6. The van der Waals surface area contributed by atoms with Crippen LogP contribution >= 0.6 is 0 Å². The number of nitrogens with zero attached hydrogens (tertiary/aromatic N) is 3. The summed E-state index contributed by atoms with van der Waals surface area (Å²) in [5, 5.41) is 11.1. The molecule has 1 unspecified atom stereocenters. The lowest BCUT2D eigenvalue weighted by Gasteiger charge is -2.35. The standard InChI is InChI=1S/C28H21N3O6/c1-37-20-12-6-17(7-13-20)26(32)25-23-22(24-21-5-3-2-4-16(21)14-15-29(24)25)27(33)30(28(23)34)18-8-10-19(11-9-18)31(35)36/h2-15,22-25H,1H3/t22-,23+,24?,25-/m0/s1. The number of carbonyl (C=O) groups excluding carboxylic acids is 3. The number of Topliss-reactive ketones (excluding diaryl/α,β-unsaturated/α-hetero) is 1. The molecule has 9 nitrogen and oxygen atoms in total. The molecule has 2 saturated heterocycles. The molecule has 9 heteroatoms. The van der Waals surface area contributed by atoms with Crippen LogP contribution in [0.1, 0.15) is 27.5 Å². The second-order valence-electron chi connectivity index (χ2n) is 9.21. The number of imide groups is 1. The molecule has 0 aromatic heterocycles. The molecule has 3 aromatic carbocycles. The summed E-state index contributed by atoms with van der Waals surface area (Å²) in [4.78, 5) is 55.1. The number of anilines is 1. The van der Waals surface area contributed by atoms with Gasteiger partial charge in [-0.3, -0.25) is 24.5 Å². The minimum atomic E-state index is -0.918. The van der Waals surface area contributed by atoms with Crippen LogP contribution in [0.25, 0.3) is 6.08 Å². The van der Waals surface area contributed by atoms with Crippen molar-refractivity contribution in [3.63, 3.8) is 0 Å². The fourth-order valence-electron chi connectivity index (χ4n) is 5.76. The van der Waals surface area contributed by atoms with Crippen molar-refractivity contribution in [2.45, 2.75) is 12.1 Å². The van der Waals surface area contributed by atoms with E-state index in [0.29, 0.717) is 11.3 Å². The smallest absolute Gasteiger partial charge is 0.269 e. The average molecular weight is 495 g/mol. The van der Waals surface area contributed by atoms with Gasteiger partial charge in [-0.1, -0.05) is 24.3 Å². The predicted molar refractivity (Wildman–Crippen MR) is 134 cm³/mol. The first-order valence-electron chi connectivity index (χ1n) is 11.8. The molecule has 3 aliphatic rings. The van der Waals surface area contributed by atoms with Crippen LogP contribution in [0.15, 0.2) is 79.0 Å². The van der Waals surface area contributed by atoms with E-state index >= 15 is 0 Å². The zero-order valence-electron chi connectivity index (χ0n) is 19.7. The largest absolute Gasteiger partial charge is 0.497 e. The number of nitro benzene ring substituents is 1. The molecule has 0 bridgehead atoms. The molecule has 6 rings (SSSR count). The lowest BCUT2D eigenvalue weighted by atomic mass is 9.83. The maximum absolute atomic E-state index is 13.9. The number of ether oxygens (including phenoxy) is 1. The number of ketones is 1. The molecule has 184 valence electrons. The molecule has 0 aliphatic carbocycles. The van der Waals surface area contributed by atoms with E-state index in [1.165, 1.54) is 31.4 Å². The highest BCUT2D eigenvalue weighted by atomic mass is 16.6. The number of methoxy groups -OCH3 is 1. The van der Waals surface area contributed by atoms with Gasteiger partial charge in [0.15, 0.2) is 5.78 Å². The average Bonchev–Trinajstić information content (AvgIpc) is 3.40. The molecule has 0 saturated carbocycles. The second-order valence-corrected chi connectivity index (χ2v) is 9.21. The lowest BCUT2D eigenvalue weighted by molar-refractivity contribution is -0.384. The summed E-state index contributed by atoms with van der Waals surface area (Å²) in [5.41, 5.74) is 2.31. The number of rotatable bonds is 5. The molecule has 0 spiro atoms. The van der Waals surface area contributed by atoms with Crippen molar-refractivity contribution >= 4 is 35.0 Å². The van der Waals surface area contributed by atoms with E-state index in [4.69, 9.17) is 4.74 Å². The maximum Gasteiger partial charge on any atom is 0.269 e. The zero-order valence-corrected chi connectivity index (χ0v) is 19.7. The summed E-state index contributed by atoms with van der Waals surface area (Å²) in [5.74, 6) is -2.29. The van der Waals surface area contributed by atoms with Crippen LogP contribution in [0.3, 0.4) is 0 Å². The molecule has 3 aromatic rings. The Morgan fingerprint density at radius 3 is 2.27 bits per heavy atom. The number of benzene rings is 3. The number of nitro groups is 1. The van der Waals surface area contributed by atoms with Gasteiger partial charge in [0.2, 0.25) is 11.8 Å². The van der Waals surface area contributed by atoms with Crippen molar-refractivity contribution < 1.29 is 24.0 Å². The number of carbonyl (C=O) groups is 3. The first kappa shape index (κ1) is 22.7. The fraction of sp³-hybridized carbons (Fsp3) is 0.179. The first-order valence-corrected chi connectivity index (χ1v) is 11.8. The van der Waals surface area contributed by atoms with E-state index in [2.05, 4.69) is 0 Å². The molecule has 3 aliphatic heterocycles. The van der Waals surface area contributed by atoms with Crippen molar-refractivity contribution in [3.05, 3.63) is 106 Å². The van der Waals surface area contributed by atoms with Gasteiger partial charge < -0.3 is 9.64 Å². The Hall–Kier alpha value is -4.79. The monoisotopic (exact) mass is 495 g/mol. The normalized spacial score (nSPS) is 23.5. The molecule has 4 atom stereocenters. The summed E-state index contributed by atoms with van der Waals surface area (Å²) in [6.07, 6.45) is 3.69. The molecular weight excluding hydrogens is 474 g/mol. The van der Waals surface area contributed by atoms with Gasteiger partial charge in [0, 0.05) is 23.9 Å². The summed E-state index contributed by atoms with van der Waals surface area (Å²) in [7, 11) is 1.54. The van der Waals surface area contributed by atoms with E-state index in [0.717, 1.165) is 16.0 Å². The number of hydrogen-bond donors (Lipinski definition) is 0. The second kappa shape index (κ2) is 8.41. The van der Waals surface area contributed by atoms with Gasteiger partial charge in [-0.05, 0) is 53.6 Å². The van der Waals surface area contributed by atoms with Crippen molar-refractivity contribution in [2.24, 2.45) is 11.8 Å². The Labute approximate surface area is 211 Å². The lowest BCUT2D eigenvalue weighted by Crippen LogP contribution is -2.44. The minimum absolute atomic E-state index is 0.145. The molecule has 2 fully saturated rings. The van der Waals surface area contributed by atoms with Crippen LogP contribution in [0.2, 0.25) is 0 Å². The highest BCUT2D eigenvalue weighted by Gasteiger charge is 2.64. The molecule has 0 N–H and O–H groups in total. The SMILES string of the molecule is COc1ccc(C(=O)[C@@H]2[C@@H]3C(=O)N(c4ccc([N+](=O)[O-])cc4)C(=O)[C@@H]3C3c4ccccc4C=CN32)cc1. The minimum Gasteiger partial charge on any atom is -0.497 e. The topological polar surface area (TPSA) is 110 Å². The molecule has 0 radical (unpaired) electrons. The molecule has 2 amide bonds. The van der Waals surface area contributed by atoms with Crippen LogP contribution in [0.5, 0.6) is 5.75 Å². The van der Waals surface area contributed by atoms with Crippen molar-refractivity contribution in [1.82, 2.24) is 4.90 Å². The van der Waals surface area contributed by atoms with Crippen LogP contribution in [-0.2, 0) is 9.59 Å². The van der Waals surface area contributed by atoms with E-state index in [1.54, 1.807) is 30.5 Å². The maximum atomic E-state index is 13.9.